The largest absolute Gasteiger partial charge is 0.0651 e. The molecule has 0 N–H and O–H groups in total. The molecule has 0 nitrogen and oxygen atoms in total. The molecule has 0 aromatic carbocycles. The van der Waals surface area contributed by atoms with E-state index in [1.807, 2.05) is 0 Å². The van der Waals surface area contributed by atoms with E-state index in [2.05, 4.69) is 20.8 Å². The lowest BCUT2D eigenvalue weighted by Crippen LogP contribution is -2.19. The molecule has 0 heterocycles. The first-order chi connectivity index (χ1) is 6.77. The van der Waals surface area contributed by atoms with Crippen molar-refractivity contribution in [3.63, 3.8) is 0 Å². The fraction of sp³-hybridized carbons (Fsp3) is 1.00. The zero-order chi connectivity index (χ0) is 10.4. The normalized spacial score (nSPS) is 23.4. The average molecular weight is 196 g/mol. The van der Waals surface area contributed by atoms with Crippen molar-refractivity contribution in [3.8, 4) is 0 Å². The second kappa shape index (κ2) is 6.48. The number of hydrogen-bond donors (Lipinski definition) is 0. The first-order valence-electron chi connectivity index (χ1n) is 6.77. The second-order valence-corrected chi connectivity index (χ2v) is 5.32. The van der Waals surface area contributed by atoms with Gasteiger partial charge in [0.05, 0.1) is 0 Å². The molecule has 0 amide bonds. The van der Waals surface area contributed by atoms with Crippen LogP contribution in [0.15, 0.2) is 0 Å². The summed E-state index contributed by atoms with van der Waals surface area (Å²) in [5, 5.41) is 0. The van der Waals surface area contributed by atoms with E-state index in [1.165, 1.54) is 51.4 Å². The quantitative estimate of drug-likeness (QED) is 0.578. The molecule has 2 atom stereocenters. The lowest BCUT2D eigenvalue weighted by molar-refractivity contribution is 0.206. The Labute approximate surface area is 90.5 Å². The van der Waals surface area contributed by atoms with Gasteiger partial charge in [0, 0.05) is 0 Å². The second-order valence-electron chi connectivity index (χ2n) is 5.32. The van der Waals surface area contributed by atoms with Crippen LogP contribution < -0.4 is 0 Å². The molecule has 1 aliphatic carbocycles. The molecule has 0 aromatic rings. The van der Waals surface area contributed by atoms with E-state index in [-0.39, 0.29) is 0 Å². The zero-order valence-electron chi connectivity index (χ0n) is 10.4. The van der Waals surface area contributed by atoms with Crippen LogP contribution in [-0.2, 0) is 0 Å². The van der Waals surface area contributed by atoms with Gasteiger partial charge >= 0.3 is 0 Å². The van der Waals surface area contributed by atoms with E-state index >= 15 is 0 Å². The minimum absolute atomic E-state index is 0.946. The smallest absolute Gasteiger partial charge is 0.0386 e. The molecule has 0 aliphatic heterocycles. The Kier molecular flexibility index (Phi) is 5.59. The molecule has 2 unspecified atom stereocenters. The van der Waals surface area contributed by atoms with Crippen LogP contribution in [0.3, 0.4) is 0 Å². The van der Waals surface area contributed by atoms with Crippen LogP contribution >= 0.6 is 0 Å². The van der Waals surface area contributed by atoms with Crippen molar-refractivity contribution < 1.29 is 0 Å². The first-order valence-corrected chi connectivity index (χ1v) is 6.77. The van der Waals surface area contributed by atoms with Gasteiger partial charge in [0.1, 0.15) is 0 Å². The summed E-state index contributed by atoms with van der Waals surface area (Å²) in [5.74, 6) is 3.05. The first kappa shape index (κ1) is 12.1. The monoisotopic (exact) mass is 196 g/mol. The van der Waals surface area contributed by atoms with Crippen LogP contribution in [0.25, 0.3) is 0 Å². The van der Waals surface area contributed by atoms with Gasteiger partial charge in [-0.25, -0.2) is 0 Å². The maximum Gasteiger partial charge on any atom is -0.0386 e. The van der Waals surface area contributed by atoms with Gasteiger partial charge in [0.25, 0.3) is 0 Å². The third kappa shape index (κ3) is 3.63. The molecule has 1 fully saturated rings. The highest BCUT2D eigenvalue weighted by Crippen LogP contribution is 2.35. The maximum atomic E-state index is 2.42. The Morgan fingerprint density at radius 2 is 1.64 bits per heavy atom. The van der Waals surface area contributed by atoms with Crippen molar-refractivity contribution in [2.24, 2.45) is 17.8 Å². The average Bonchev–Trinajstić information content (AvgIpc) is 2.26. The van der Waals surface area contributed by atoms with Gasteiger partial charge in [-0.1, -0.05) is 65.7 Å². The minimum atomic E-state index is 0.946. The van der Waals surface area contributed by atoms with Gasteiger partial charge < -0.3 is 0 Å². The minimum Gasteiger partial charge on any atom is -0.0651 e. The maximum absolute atomic E-state index is 2.42. The summed E-state index contributed by atoms with van der Waals surface area (Å²) in [6.45, 7) is 7.14. The number of hydrogen-bond acceptors (Lipinski definition) is 0. The fourth-order valence-corrected chi connectivity index (χ4v) is 2.98. The van der Waals surface area contributed by atoms with E-state index in [1.54, 1.807) is 0 Å². The third-order valence-electron chi connectivity index (χ3n) is 4.24. The van der Waals surface area contributed by atoms with Gasteiger partial charge in [-0.2, -0.15) is 0 Å². The van der Waals surface area contributed by atoms with Crippen LogP contribution in [0.5, 0.6) is 0 Å². The zero-order valence-corrected chi connectivity index (χ0v) is 10.4. The Hall–Kier alpha value is 0. The molecule has 1 rings (SSSR count). The summed E-state index contributed by atoms with van der Waals surface area (Å²) < 4.78 is 0. The van der Waals surface area contributed by atoms with Crippen molar-refractivity contribution in [2.75, 3.05) is 0 Å². The Balaban J connectivity index is 2.35. The van der Waals surface area contributed by atoms with Crippen molar-refractivity contribution in [2.45, 2.75) is 72.1 Å². The molecule has 1 saturated carbocycles. The molecule has 1 aliphatic rings. The molecular formula is C14H28. The summed E-state index contributed by atoms with van der Waals surface area (Å²) in [7, 11) is 0. The third-order valence-corrected chi connectivity index (χ3v) is 4.24. The predicted molar refractivity (Wildman–Crippen MR) is 64.4 cm³/mol. The molecule has 0 spiro atoms. The van der Waals surface area contributed by atoms with Crippen LogP contribution in [0.4, 0.5) is 0 Å². The molecule has 84 valence electrons. The van der Waals surface area contributed by atoms with Crippen LogP contribution in [0.1, 0.15) is 72.1 Å². The molecular weight excluding hydrogens is 168 g/mol. The lowest BCUT2D eigenvalue weighted by atomic mass is 9.75. The molecule has 0 bridgehead atoms. The molecule has 0 saturated heterocycles. The number of rotatable bonds is 5. The summed E-state index contributed by atoms with van der Waals surface area (Å²) in [5.41, 5.74) is 0. The van der Waals surface area contributed by atoms with Crippen molar-refractivity contribution in [1.82, 2.24) is 0 Å². The van der Waals surface area contributed by atoms with E-state index in [4.69, 9.17) is 0 Å². The summed E-state index contributed by atoms with van der Waals surface area (Å²) in [4.78, 5) is 0. The predicted octanol–water partition coefficient (Wildman–Crippen LogP) is 5.03. The SMILES string of the molecule is CCC(C)CC(CC)C1CCCCC1. The Morgan fingerprint density at radius 1 is 1.00 bits per heavy atom. The van der Waals surface area contributed by atoms with Crippen LogP contribution in [0, 0.1) is 17.8 Å². The highest BCUT2D eigenvalue weighted by Gasteiger charge is 2.23. The highest BCUT2D eigenvalue weighted by molar-refractivity contribution is 4.74. The molecule has 0 aromatic heterocycles. The fourth-order valence-electron chi connectivity index (χ4n) is 2.98. The van der Waals surface area contributed by atoms with Gasteiger partial charge in [-0.15, -0.1) is 0 Å². The molecule has 14 heavy (non-hydrogen) atoms. The summed E-state index contributed by atoms with van der Waals surface area (Å²) >= 11 is 0. The van der Waals surface area contributed by atoms with Crippen LogP contribution in [-0.4, -0.2) is 0 Å². The van der Waals surface area contributed by atoms with E-state index in [0.717, 1.165) is 17.8 Å². The van der Waals surface area contributed by atoms with Crippen molar-refractivity contribution >= 4 is 0 Å². The van der Waals surface area contributed by atoms with E-state index < -0.39 is 0 Å². The molecule has 0 radical (unpaired) electrons. The summed E-state index contributed by atoms with van der Waals surface area (Å²) in [6, 6.07) is 0. The Bertz CT molecular complexity index is 133. The summed E-state index contributed by atoms with van der Waals surface area (Å²) in [6.07, 6.45) is 11.8. The highest BCUT2D eigenvalue weighted by atomic mass is 14.3. The van der Waals surface area contributed by atoms with Gasteiger partial charge in [-0.3, -0.25) is 0 Å². The lowest BCUT2D eigenvalue weighted by Gasteiger charge is -2.31. The van der Waals surface area contributed by atoms with E-state index in [0.29, 0.717) is 0 Å². The Morgan fingerprint density at radius 3 is 2.14 bits per heavy atom. The van der Waals surface area contributed by atoms with Crippen LogP contribution in [0.2, 0.25) is 0 Å². The van der Waals surface area contributed by atoms with Gasteiger partial charge in [-0.05, 0) is 24.2 Å². The van der Waals surface area contributed by atoms with Crippen molar-refractivity contribution in [3.05, 3.63) is 0 Å². The standard InChI is InChI=1S/C14H28/c1-4-12(3)11-13(5-2)14-9-7-6-8-10-14/h12-14H,4-11H2,1-3H3. The van der Waals surface area contributed by atoms with Gasteiger partial charge in [0.2, 0.25) is 0 Å². The topological polar surface area (TPSA) is 0 Å². The van der Waals surface area contributed by atoms with E-state index in [9.17, 15) is 0 Å². The van der Waals surface area contributed by atoms with Crippen molar-refractivity contribution in [1.29, 1.82) is 0 Å². The molecule has 0 heteroatoms. The van der Waals surface area contributed by atoms with Gasteiger partial charge in [0.15, 0.2) is 0 Å².